The van der Waals surface area contributed by atoms with Gasteiger partial charge < -0.3 is 28.4 Å². The number of ether oxygens (including phenoxy) is 6. The summed E-state index contributed by atoms with van der Waals surface area (Å²) in [6.07, 6.45) is 10.8. The average Bonchev–Trinajstić information content (AvgIpc) is 3.10. The molecule has 0 amide bonds. The molecule has 0 radical (unpaired) electrons. The molecule has 0 bridgehead atoms. The van der Waals surface area contributed by atoms with Crippen LogP contribution in [-0.2, 0) is 18.4 Å². The van der Waals surface area contributed by atoms with Crippen molar-refractivity contribution in [3.8, 4) is 40.6 Å². The highest BCUT2D eigenvalue weighted by Crippen LogP contribution is 2.52. The van der Waals surface area contributed by atoms with Crippen LogP contribution in [0.4, 0.5) is 0 Å². The zero-order valence-electron chi connectivity index (χ0n) is 30.6. The Bertz CT molecular complexity index is 1310. The zero-order chi connectivity index (χ0) is 34.4. The van der Waals surface area contributed by atoms with Crippen LogP contribution < -0.4 is 28.4 Å². The minimum absolute atomic E-state index is 0.169. The Labute approximate surface area is 284 Å². The first kappa shape index (κ1) is 38.1. The minimum atomic E-state index is -0.636. The van der Waals surface area contributed by atoms with Crippen molar-refractivity contribution in [3.05, 3.63) is 34.9 Å². The van der Waals surface area contributed by atoms with E-state index in [-0.39, 0.29) is 12.0 Å². The van der Waals surface area contributed by atoms with Crippen molar-refractivity contribution < 1.29 is 28.4 Å². The fourth-order valence-electron chi connectivity index (χ4n) is 6.94. The van der Waals surface area contributed by atoms with Gasteiger partial charge in [-0.05, 0) is 69.2 Å². The monoisotopic (exact) mass is 652 g/mol. The molecular weight excluding hydrogens is 592 g/mol. The molecule has 0 saturated heterocycles. The Kier molecular flexibility index (Phi) is 15.3. The summed E-state index contributed by atoms with van der Waals surface area (Å²) in [7, 11) is 8.83. The molecule has 0 aromatic heterocycles. The molecule has 8 nitrogen and oxygen atoms in total. The number of benzene rings is 2. The smallest absolute Gasteiger partial charge is 0.207 e. The van der Waals surface area contributed by atoms with Gasteiger partial charge >= 0.3 is 0 Å². The molecule has 8 heteroatoms. The molecule has 3 atom stereocenters. The fraction of sp³-hybridized carbons (Fsp3) is 0.667. The van der Waals surface area contributed by atoms with Gasteiger partial charge in [-0.15, -0.1) is 0 Å². The van der Waals surface area contributed by atoms with Gasteiger partial charge in [-0.3, -0.25) is 4.90 Å². The number of methoxy groups -OCH3 is 4. The second-order valence-corrected chi connectivity index (χ2v) is 12.9. The Balaban J connectivity index is 1.95. The van der Waals surface area contributed by atoms with E-state index in [4.69, 9.17) is 28.4 Å². The second-order valence-electron chi connectivity index (χ2n) is 12.9. The average molecular weight is 653 g/mol. The lowest BCUT2D eigenvalue weighted by molar-refractivity contribution is 0.181. The highest BCUT2D eigenvalue weighted by molar-refractivity contribution is 5.68. The van der Waals surface area contributed by atoms with Gasteiger partial charge in [0.15, 0.2) is 23.0 Å². The summed E-state index contributed by atoms with van der Waals surface area (Å²) in [4.78, 5) is 2.42. The van der Waals surface area contributed by atoms with Gasteiger partial charge in [0, 0.05) is 23.7 Å². The van der Waals surface area contributed by atoms with Crippen molar-refractivity contribution in [3.63, 3.8) is 0 Å². The van der Waals surface area contributed by atoms with Gasteiger partial charge in [0.1, 0.15) is 0 Å². The molecule has 0 N–H and O–H groups in total. The predicted octanol–water partition coefficient (Wildman–Crippen LogP) is 8.89. The molecule has 0 saturated carbocycles. The van der Waals surface area contributed by atoms with Crippen LogP contribution in [0, 0.1) is 17.2 Å². The third-order valence-electron chi connectivity index (χ3n) is 10.1. The van der Waals surface area contributed by atoms with E-state index >= 15 is 0 Å². The first-order valence-corrected chi connectivity index (χ1v) is 17.7. The summed E-state index contributed by atoms with van der Waals surface area (Å²) >= 11 is 0. The molecular formula is C39H60N2O6. The second kappa shape index (κ2) is 18.9. The summed E-state index contributed by atoms with van der Waals surface area (Å²) in [5, 5.41) is 10.8. The van der Waals surface area contributed by atoms with Crippen LogP contribution in [0.1, 0.15) is 109 Å². The highest BCUT2D eigenvalue weighted by atomic mass is 16.5. The number of nitrogens with zero attached hydrogens (tertiary/aromatic N) is 2. The summed E-state index contributed by atoms with van der Waals surface area (Å²) in [6.45, 7) is 10.7. The molecule has 0 spiro atoms. The number of nitriles is 1. The Morgan fingerprint density at radius 2 is 1.40 bits per heavy atom. The molecule has 3 rings (SSSR count). The Morgan fingerprint density at radius 3 is 1.91 bits per heavy atom. The van der Waals surface area contributed by atoms with E-state index in [1.807, 2.05) is 18.2 Å². The number of likely N-dealkylation sites (N-methyl/N-ethyl adjacent to an activating group) is 1. The van der Waals surface area contributed by atoms with Gasteiger partial charge in [0.25, 0.3) is 0 Å². The van der Waals surface area contributed by atoms with Gasteiger partial charge in [-0.2, -0.15) is 5.26 Å². The van der Waals surface area contributed by atoms with E-state index < -0.39 is 5.41 Å². The third kappa shape index (κ3) is 8.79. The normalized spacial score (nSPS) is 16.4. The van der Waals surface area contributed by atoms with Crippen molar-refractivity contribution >= 4 is 0 Å². The molecule has 2 aromatic carbocycles. The van der Waals surface area contributed by atoms with Crippen molar-refractivity contribution in [1.82, 2.24) is 4.90 Å². The topological polar surface area (TPSA) is 82.4 Å². The first-order chi connectivity index (χ1) is 22.8. The molecule has 1 aliphatic heterocycles. The molecule has 47 heavy (non-hydrogen) atoms. The van der Waals surface area contributed by atoms with Gasteiger partial charge in [0.05, 0.1) is 53.1 Å². The summed E-state index contributed by atoms with van der Waals surface area (Å²) in [5.74, 6) is 4.28. The van der Waals surface area contributed by atoms with E-state index in [1.165, 1.54) is 0 Å². The van der Waals surface area contributed by atoms with Gasteiger partial charge in [0.2, 0.25) is 11.5 Å². The molecule has 1 aliphatic rings. The SMILES string of the molecule is CCCCCOc1c2c(c(OCCCCC)c(OC)c1OC)CN(C)C(CCCC(C#N)(c1ccc(OC)c(OC)c1)C(C)CC)C2. The van der Waals surface area contributed by atoms with Crippen molar-refractivity contribution in [2.45, 2.75) is 116 Å². The Hall–Kier alpha value is -3.31. The van der Waals surface area contributed by atoms with Crippen molar-refractivity contribution in [1.29, 1.82) is 5.26 Å². The molecule has 0 fully saturated rings. The minimum Gasteiger partial charge on any atom is -0.493 e. The van der Waals surface area contributed by atoms with Crippen molar-refractivity contribution in [2.24, 2.45) is 5.92 Å². The number of fused-ring (bicyclic) bond motifs is 1. The maximum atomic E-state index is 10.8. The lowest BCUT2D eigenvalue weighted by Gasteiger charge is -2.38. The van der Waals surface area contributed by atoms with Gasteiger partial charge in [-0.25, -0.2) is 0 Å². The molecule has 2 aromatic rings. The van der Waals surface area contributed by atoms with Crippen LogP contribution in [0.2, 0.25) is 0 Å². The highest BCUT2D eigenvalue weighted by Gasteiger charge is 2.39. The molecule has 3 unspecified atom stereocenters. The predicted molar refractivity (Wildman–Crippen MR) is 189 cm³/mol. The standard InChI is InChI=1S/C39H60N2O6/c1-10-13-15-22-46-35-31-25-30(41(5)26-32(31)36(47-23-16-14-11-2)38(45-9)37(35)44-8)18-17-21-39(27-40,28(4)12-3)29-19-20-33(42-6)34(24-29)43-7/h19-20,24,28,30H,10-18,21-23,25-26H2,1-9H3. The van der Waals surface area contributed by atoms with Crippen LogP contribution in [0.25, 0.3) is 0 Å². The third-order valence-corrected chi connectivity index (χ3v) is 10.1. The lowest BCUT2D eigenvalue weighted by atomic mass is 9.67. The quantitative estimate of drug-likeness (QED) is 0.124. The maximum absolute atomic E-state index is 10.8. The first-order valence-electron chi connectivity index (χ1n) is 17.7. The van der Waals surface area contributed by atoms with Crippen molar-refractivity contribution in [2.75, 3.05) is 48.7 Å². The number of hydrogen-bond donors (Lipinski definition) is 0. The largest absolute Gasteiger partial charge is 0.493 e. The molecule has 1 heterocycles. The van der Waals surface area contributed by atoms with Crippen LogP contribution in [0.5, 0.6) is 34.5 Å². The Morgan fingerprint density at radius 1 is 0.809 bits per heavy atom. The molecule has 0 aliphatic carbocycles. The van der Waals surface area contributed by atoms with Gasteiger partial charge in [-0.1, -0.05) is 65.9 Å². The van der Waals surface area contributed by atoms with E-state index in [0.29, 0.717) is 36.2 Å². The summed E-state index contributed by atoms with van der Waals surface area (Å²) in [6, 6.07) is 8.97. The zero-order valence-corrected chi connectivity index (χ0v) is 30.6. The molecule has 262 valence electrons. The van der Waals surface area contributed by atoms with Crippen LogP contribution in [-0.4, -0.2) is 59.6 Å². The van der Waals surface area contributed by atoms with E-state index in [2.05, 4.69) is 45.7 Å². The van der Waals surface area contributed by atoms with E-state index in [0.717, 1.165) is 105 Å². The number of hydrogen-bond acceptors (Lipinski definition) is 8. The lowest BCUT2D eigenvalue weighted by Crippen LogP contribution is -2.39. The van der Waals surface area contributed by atoms with Crippen LogP contribution >= 0.6 is 0 Å². The summed E-state index contributed by atoms with van der Waals surface area (Å²) < 4.78 is 36.1. The summed E-state index contributed by atoms with van der Waals surface area (Å²) in [5.41, 5.74) is 2.63. The maximum Gasteiger partial charge on any atom is 0.207 e. The van der Waals surface area contributed by atoms with E-state index in [1.54, 1.807) is 28.4 Å². The number of unbranched alkanes of at least 4 members (excludes halogenated alkanes) is 4. The van der Waals surface area contributed by atoms with Crippen LogP contribution in [0.15, 0.2) is 18.2 Å². The fourth-order valence-corrected chi connectivity index (χ4v) is 6.94. The number of rotatable bonds is 21. The van der Waals surface area contributed by atoms with Crippen LogP contribution in [0.3, 0.4) is 0 Å². The van der Waals surface area contributed by atoms with E-state index in [9.17, 15) is 5.26 Å².